The van der Waals surface area contributed by atoms with Gasteiger partial charge >= 0.3 is 152 Å². The maximum absolute atomic E-state index is 13.4. The van der Waals surface area contributed by atoms with Crippen molar-refractivity contribution in [2.24, 2.45) is 5.41 Å². The topological polar surface area (TPSA) is 58.8 Å². The first kappa shape index (κ1) is 17.4. The van der Waals surface area contributed by atoms with E-state index in [1.807, 2.05) is 12.1 Å². The van der Waals surface area contributed by atoms with Crippen molar-refractivity contribution in [3.05, 3.63) is 41.4 Å². The second-order valence-corrected chi connectivity index (χ2v) is 8.38. The molecule has 1 fully saturated rings. The SMILES string of the molecule is N#CC1(C[As]c2cccc(-c3cc(F)ncc3Cl)n2)CCOCC1. The average Bonchev–Trinajstić information content (AvgIpc) is 2.63. The minimum atomic E-state index is -0.583. The molecule has 3 rings (SSSR count). The van der Waals surface area contributed by atoms with Crippen LogP contribution in [0.2, 0.25) is 10.2 Å². The molecule has 0 bridgehead atoms. The Morgan fingerprint density at radius 3 is 2.92 bits per heavy atom. The number of ether oxygens (including phenoxy) is 1. The van der Waals surface area contributed by atoms with E-state index in [0.29, 0.717) is 29.5 Å². The molecule has 0 aromatic carbocycles. The van der Waals surface area contributed by atoms with Crippen molar-refractivity contribution in [1.82, 2.24) is 9.97 Å². The normalized spacial score (nSPS) is 17.0. The van der Waals surface area contributed by atoms with Gasteiger partial charge in [0.05, 0.1) is 0 Å². The van der Waals surface area contributed by atoms with Crippen molar-refractivity contribution in [2.75, 3.05) is 13.2 Å². The molecule has 0 unspecified atom stereocenters. The van der Waals surface area contributed by atoms with Gasteiger partial charge in [0, 0.05) is 0 Å². The monoisotopic (exact) mass is 406 g/mol. The zero-order valence-corrected chi connectivity index (χ0v) is 15.5. The molecule has 7 heteroatoms. The van der Waals surface area contributed by atoms with Crippen LogP contribution in [0.1, 0.15) is 12.8 Å². The summed E-state index contributed by atoms with van der Waals surface area (Å²) in [5, 5.41) is 10.7. The number of nitriles is 1. The summed E-state index contributed by atoms with van der Waals surface area (Å²) in [4.78, 5) is 8.15. The molecule has 0 spiro atoms. The number of hydrogen-bond acceptors (Lipinski definition) is 4. The van der Waals surface area contributed by atoms with Crippen molar-refractivity contribution < 1.29 is 9.13 Å². The molecule has 0 amide bonds. The third-order valence-electron chi connectivity index (χ3n) is 4.06. The summed E-state index contributed by atoms with van der Waals surface area (Å²) in [6.07, 6.45) is 2.85. The van der Waals surface area contributed by atoms with Crippen LogP contribution in [0.25, 0.3) is 11.3 Å². The van der Waals surface area contributed by atoms with Crippen molar-refractivity contribution in [3.8, 4) is 17.3 Å². The van der Waals surface area contributed by atoms with Crippen molar-refractivity contribution in [1.29, 1.82) is 5.26 Å². The molecule has 123 valence electrons. The predicted octanol–water partition coefficient (Wildman–Crippen LogP) is 3.00. The number of nitrogens with zero attached hydrogens (tertiary/aromatic N) is 3. The van der Waals surface area contributed by atoms with Gasteiger partial charge in [-0.05, 0) is 0 Å². The van der Waals surface area contributed by atoms with Crippen LogP contribution in [-0.4, -0.2) is 38.9 Å². The zero-order valence-electron chi connectivity index (χ0n) is 12.9. The Kier molecular flexibility index (Phi) is 5.50. The Balaban J connectivity index is 1.78. The predicted molar refractivity (Wildman–Crippen MR) is 90.7 cm³/mol. The molecule has 2 aromatic rings. The first-order valence-electron chi connectivity index (χ1n) is 7.57. The molecule has 0 atom stereocenters. The van der Waals surface area contributed by atoms with Crippen LogP contribution < -0.4 is 4.48 Å². The van der Waals surface area contributed by atoms with Crippen LogP contribution in [-0.2, 0) is 4.74 Å². The quantitative estimate of drug-likeness (QED) is 0.578. The van der Waals surface area contributed by atoms with Gasteiger partial charge in [0.1, 0.15) is 0 Å². The summed E-state index contributed by atoms with van der Waals surface area (Å²) >= 11 is 5.85. The van der Waals surface area contributed by atoms with Gasteiger partial charge in [-0.3, -0.25) is 0 Å². The summed E-state index contributed by atoms with van der Waals surface area (Å²) in [7, 11) is 0. The van der Waals surface area contributed by atoms with Crippen LogP contribution in [0.4, 0.5) is 4.39 Å². The summed E-state index contributed by atoms with van der Waals surface area (Å²) < 4.78 is 19.7. The van der Waals surface area contributed by atoms with Crippen LogP contribution in [0, 0.1) is 22.7 Å². The molecule has 1 aliphatic heterocycles. The molecule has 4 nitrogen and oxygen atoms in total. The average molecular weight is 407 g/mol. The van der Waals surface area contributed by atoms with E-state index in [-0.39, 0.29) is 21.2 Å². The molecule has 3 heterocycles. The van der Waals surface area contributed by atoms with Crippen LogP contribution in [0.15, 0.2) is 30.5 Å². The summed E-state index contributed by atoms with van der Waals surface area (Å²) in [6, 6.07) is 9.44. The van der Waals surface area contributed by atoms with E-state index in [1.54, 1.807) is 6.07 Å². The minimum absolute atomic E-state index is 0.259. The van der Waals surface area contributed by atoms with Crippen LogP contribution in [0.3, 0.4) is 0 Å². The number of rotatable bonds is 4. The first-order chi connectivity index (χ1) is 11.6. The Hall–Kier alpha value is -1.47. The molecule has 1 aliphatic rings. The first-order valence-corrected chi connectivity index (χ1v) is 10.2. The fourth-order valence-corrected chi connectivity index (χ4v) is 5.33. The standard InChI is InChI=1S/C17H15AsClFN3O/c19-13-9-22-16(20)8-12(13)14-2-1-3-15(23-14)18-10-17(11-21)4-6-24-7-5-17/h1-3,8-9H,4-7,10H2. The number of hydrogen-bond donors (Lipinski definition) is 0. The molecule has 2 aromatic heterocycles. The van der Waals surface area contributed by atoms with Crippen LogP contribution >= 0.6 is 11.6 Å². The Morgan fingerprint density at radius 2 is 2.17 bits per heavy atom. The molecule has 0 aliphatic carbocycles. The van der Waals surface area contributed by atoms with E-state index in [9.17, 15) is 9.65 Å². The molecule has 1 saturated heterocycles. The maximum atomic E-state index is 13.4. The van der Waals surface area contributed by atoms with Gasteiger partial charge in [-0.2, -0.15) is 0 Å². The number of aromatic nitrogens is 2. The van der Waals surface area contributed by atoms with Crippen molar-refractivity contribution in [2.45, 2.75) is 18.1 Å². The third-order valence-corrected chi connectivity index (χ3v) is 7.17. The van der Waals surface area contributed by atoms with Gasteiger partial charge < -0.3 is 0 Å². The van der Waals surface area contributed by atoms with E-state index in [1.165, 1.54) is 12.3 Å². The fourth-order valence-electron chi connectivity index (χ4n) is 2.57. The Labute approximate surface area is 151 Å². The van der Waals surface area contributed by atoms with Crippen molar-refractivity contribution in [3.63, 3.8) is 0 Å². The molecule has 0 N–H and O–H groups in total. The van der Waals surface area contributed by atoms with E-state index >= 15 is 0 Å². The molecule has 24 heavy (non-hydrogen) atoms. The molecule has 0 saturated carbocycles. The van der Waals surface area contributed by atoms with E-state index in [0.717, 1.165) is 22.5 Å². The molecule has 1 radical (unpaired) electrons. The second kappa shape index (κ2) is 7.61. The van der Waals surface area contributed by atoms with Gasteiger partial charge in [0.2, 0.25) is 0 Å². The summed E-state index contributed by atoms with van der Waals surface area (Å²) in [5.74, 6) is -0.583. The third kappa shape index (κ3) is 3.95. The second-order valence-electron chi connectivity index (χ2n) is 5.69. The van der Waals surface area contributed by atoms with Crippen molar-refractivity contribution >= 4 is 31.8 Å². The van der Waals surface area contributed by atoms with E-state index in [2.05, 4.69) is 16.0 Å². The summed E-state index contributed by atoms with van der Waals surface area (Å²) in [6.45, 7) is 1.29. The van der Waals surface area contributed by atoms with E-state index < -0.39 is 5.95 Å². The van der Waals surface area contributed by atoms with Gasteiger partial charge in [-0.25, -0.2) is 0 Å². The van der Waals surface area contributed by atoms with Crippen LogP contribution in [0.5, 0.6) is 0 Å². The molecular formula is C17H15AsClFN3O. The van der Waals surface area contributed by atoms with Gasteiger partial charge in [-0.1, -0.05) is 0 Å². The van der Waals surface area contributed by atoms with Gasteiger partial charge in [-0.15, -0.1) is 0 Å². The fraction of sp³-hybridized carbons (Fsp3) is 0.353. The number of pyridine rings is 2. The van der Waals surface area contributed by atoms with E-state index in [4.69, 9.17) is 16.3 Å². The van der Waals surface area contributed by atoms with Gasteiger partial charge in [0.15, 0.2) is 0 Å². The zero-order chi connectivity index (χ0) is 17.0. The van der Waals surface area contributed by atoms with Gasteiger partial charge in [0.25, 0.3) is 0 Å². The summed E-state index contributed by atoms with van der Waals surface area (Å²) in [5.41, 5.74) is 0.872. The Morgan fingerprint density at radius 1 is 1.38 bits per heavy atom. The Bertz CT molecular complexity index is 775. The number of halogens is 2. The molecular weight excluding hydrogens is 392 g/mol.